The molecule has 0 radical (unpaired) electrons. The van der Waals surface area contributed by atoms with Crippen LogP contribution in [-0.4, -0.2) is 61.2 Å². The molecule has 0 aliphatic carbocycles. The lowest BCUT2D eigenvalue weighted by Crippen LogP contribution is -1.81. The van der Waals surface area contributed by atoms with Gasteiger partial charge in [-0.1, -0.05) is 0 Å². The first-order valence-corrected chi connectivity index (χ1v) is 22.4. The van der Waals surface area contributed by atoms with Crippen molar-refractivity contribution in [2.45, 2.75) is 20.8 Å². The minimum atomic E-state index is 0.352. The summed E-state index contributed by atoms with van der Waals surface area (Å²) < 4.78 is 35.7. The summed E-state index contributed by atoms with van der Waals surface area (Å²) in [6.45, 7) is 5.94. The van der Waals surface area contributed by atoms with Gasteiger partial charge in [0.25, 0.3) is 29.5 Å². The van der Waals surface area contributed by atoms with Gasteiger partial charge in [0, 0.05) is 33.4 Å². The Labute approximate surface area is 382 Å². The Balaban J connectivity index is 0.707. The lowest BCUT2D eigenvalue weighted by molar-refractivity contribution is 0.568. The summed E-state index contributed by atoms with van der Waals surface area (Å²) in [5, 5.41) is 52.7. The molecule has 3 aromatic carbocycles. The Morgan fingerprint density at radius 3 is 1.02 bits per heavy atom. The van der Waals surface area contributed by atoms with Crippen molar-refractivity contribution in [3.63, 3.8) is 0 Å². The molecule has 0 unspecified atom stereocenters. The number of hydrogen-bond acceptors (Lipinski definition) is 21. The molecule has 21 heteroatoms. The molecule has 9 aromatic heterocycles. The van der Waals surface area contributed by atoms with E-state index in [2.05, 4.69) is 61.2 Å². The number of benzene rings is 3. The summed E-state index contributed by atoms with van der Waals surface area (Å²) in [5.74, 6) is 4.30. The van der Waals surface area contributed by atoms with E-state index in [0.29, 0.717) is 64.8 Å². The van der Waals surface area contributed by atoms with Crippen LogP contribution in [0, 0.1) is 20.8 Å². The first-order valence-electron chi connectivity index (χ1n) is 19.9. The van der Waals surface area contributed by atoms with Crippen molar-refractivity contribution in [1.82, 2.24) is 61.2 Å². The molecular formula is C45H26N12O6S3. The second-order valence-corrected chi connectivity index (χ2v) is 17.7. The minimum Gasteiger partial charge on any atom is -0.423 e. The Hall–Kier alpha value is -8.40. The molecule has 0 aliphatic heterocycles. The Bertz CT molecular complexity index is 3650. The predicted molar refractivity (Wildman–Crippen MR) is 241 cm³/mol. The van der Waals surface area contributed by atoms with Crippen LogP contribution in [0.15, 0.2) is 129 Å². The van der Waals surface area contributed by atoms with Gasteiger partial charge in [0.1, 0.15) is 0 Å². The third-order valence-corrected chi connectivity index (χ3v) is 13.8. The topological polar surface area (TPSA) is 234 Å². The maximum Gasteiger partial charge on any atom is 0.258 e. The molecule has 66 heavy (non-hydrogen) atoms. The van der Waals surface area contributed by atoms with Gasteiger partial charge < -0.3 is 26.5 Å². The van der Waals surface area contributed by atoms with Crippen LogP contribution >= 0.6 is 34.0 Å². The van der Waals surface area contributed by atoms with E-state index < -0.39 is 0 Å². The molecule has 0 N–H and O–H groups in total. The second-order valence-electron chi connectivity index (χ2n) is 14.7. The van der Waals surface area contributed by atoms with Gasteiger partial charge in [0.15, 0.2) is 0 Å². The highest BCUT2D eigenvalue weighted by atomic mass is 32.1. The van der Waals surface area contributed by atoms with E-state index in [1.54, 1.807) is 11.3 Å². The monoisotopic (exact) mass is 926 g/mol. The van der Waals surface area contributed by atoms with E-state index >= 15 is 0 Å². The molecular weight excluding hydrogens is 901 g/mol. The fourth-order valence-electron chi connectivity index (χ4n) is 6.93. The van der Waals surface area contributed by atoms with Crippen LogP contribution in [0.3, 0.4) is 0 Å². The fraction of sp³-hybridized carbons (Fsp3) is 0.0667. The minimum absolute atomic E-state index is 0.352. The van der Waals surface area contributed by atoms with Crippen LogP contribution in [0.4, 0.5) is 0 Å². The summed E-state index contributed by atoms with van der Waals surface area (Å²) in [7, 11) is 0. The smallest absolute Gasteiger partial charge is 0.258 e. The fourth-order valence-corrected chi connectivity index (χ4v) is 9.81. The van der Waals surface area contributed by atoms with Gasteiger partial charge in [-0.15, -0.1) is 95.2 Å². The number of hydrogen-bond donors (Lipinski definition) is 0. The molecule has 0 saturated carbocycles. The lowest BCUT2D eigenvalue weighted by atomic mass is 10.1. The van der Waals surface area contributed by atoms with Crippen molar-refractivity contribution < 1.29 is 26.5 Å². The zero-order valence-electron chi connectivity index (χ0n) is 34.4. The zero-order valence-corrected chi connectivity index (χ0v) is 36.8. The Morgan fingerprint density at radius 1 is 0.333 bits per heavy atom. The Kier molecular flexibility index (Phi) is 9.50. The summed E-state index contributed by atoms with van der Waals surface area (Å²) in [6.07, 6.45) is 1.29. The average Bonchev–Trinajstić information content (AvgIpc) is 4.19. The largest absolute Gasteiger partial charge is 0.423 e. The van der Waals surface area contributed by atoms with Crippen LogP contribution in [-0.2, 0) is 0 Å². The average molecular weight is 927 g/mol. The second kappa shape index (κ2) is 16.0. The molecule has 0 aliphatic rings. The zero-order chi connectivity index (χ0) is 44.3. The molecule has 9 heterocycles. The third-order valence-electron chi connectivity index (χ3n) is 10.3. The highest BCUT2D eigenvalue weighted by Gasteiger charge is 2.23. The van der Waals surface area contributed by atoms with Crippen molar-refractivity contribution in [2.75, 3.05) is 0 Å². The molecule has 12 rings (SSSR count). The predicted octanol–water partition coefficient (Wildman–Crippen LogP) is 11.4. The van der Waals surface area contributed by atoms with E-state index in [4.69, 9.17) is 26.5 Å². The van der Waals surface area contributed by atoms with E-state index in [-0.39, 0.29) is 0 Å². The number of aryl methyl sites for hydroxylation is 3. The van der Waals surface area contributed by atoms with Crippen molar-refractivity contribution >= 4 is 34.0 Å². The summed E-state index contributed by atoms with van der Waals surface area (Å²) in [4.78, 5) is 4.07. The normalized spacial score (nSPS) is 11.6. The standard InChI is InChI=1S/C45H26N12O6S3/c1-21-16-17-64-32(21)43-55-50-38(61-43)28-12-8-25(9-13-28)36-48-53-41(59-36)31-19-23(3)34(66-31)45-57-52-40(63-45)29-14-10-26(11-15-29)37-49-54-42(60-37)30-18-22(2)33(65-30)44-56-51-39(62-44)27-6-4-24(5-7-27)35-47-46-20-58-35/h4-20H,1-3H3. The summed E-state index contributed by atoms with van der Waals surface area (Å²) in [5.41, 5.74) is 7.45. The number of rotatable bonds is 11. The number of aromatic nitrogens is 12. The SMILES string of the molecule is Cc1ccsc1-c1nnc(-c2ccc(-c3nnc(-c4cc(C)c(-c5nnc(-c6ccc(-c7nnc(-c8cc(C)c(-c9nnc(-c%10ccc(-c%11nnco%11)cc%10)o9)s8)o7)cc6)o5)s4)o3)cc2)o1. The van der Waals surface area contributed by atoms with Gasteiger partial charge in [-0.25, -0.2) is 0 Å². The van der Waals surface area contributed by atoms with Gasteiger partial charge in [-0.3, -0.25) is 0 Å². The quantitative estimate of drug-likeness (QED) is 0.117. The molecule has 0 saturated heterocycles. The molecule has 0 bridgehead atoms. The summed E-state index contributed by atoms with van der Waals surface area (Å²) in [6, 6.07) is 28.3. The maximum atomic E-state index is 6.17. The van der Waals surface area contributed by atoms with E-state index in [1.165, 1.54) is 29.1 Å². The maximum absolute atomic E-state index is 6.17. The molecule has 0 atom stereocenters. The van der Waals surface area contributed by atoms with E-state index in [9.17, 15) is 0 Å². The first kappa shape index (κ1) is 39.2. The Morgan fingerprint density at radius 2 is 0.667 bits per heavy atom. The molecule has 12 aromatic rings. The van der Waals surface area contributed by atoms with Crippen LogP contribution in [0.2, 0.25) is 0 Å². The first-order chi connectivity index (χ1) is 32.4. The highest BCUT2D eigenvalue weighted by Crippen LogP contribution is 2.41. The van der Waals surface area contributed by atoms with Gasteiger partial charge >= 0.3 is 0 Å². The summed E-state index contributed by atoms with van der Waals surface area (Å²) >= 11 is 4.41. The van der Waals surface area contributed by atoms with Crippen LogP contribution in [0.25, 0.3) is 123 Å². The molecule has 320 valence electrons. The van der Waals surface area contributed by atoms with Crippen LogP contribution < -0.4 is 0 Å². The van der Waals surface area contributed by atoms with E-state index in [0.717, 1.165) is 74.5 Å². The third kappa shape index (κ3) is 7.21. The number of nitrogens with zero attached hydrogens (tertiary/aromatic N) is 12. The van der Waals surface area contributed by atoms with Crippen LogP contribution in [0.5, 0.6) is 0 Å². The number of thiophene rings is 3. The van der Waals surface area contributed by atoms with E-state index in [1.807, 2.05) is 117 Å². The van der Waals surface area contributed by atoms with Crippen molar-refractivity contribution in [3.05, 3.63) is 119 Å². The lowest BCUT2D eigenvalue weighted by Gasteiger charge is -1.97. The van der Waals surface area contributed by atoms with Gasteiger partial charge in [0.2, 0.25) is 41.7 Å². The van der Waals surface area contributed by atoms with Gasteiger partial charge in [-0.05, 0) is 134 Å². The molecule has 0 spiro atoms. The van der Waals surface area contributed by atoms with Crippen molar-refractivity contribution in [3.8, 4) is 123 Å². The van der Waals surface area contributed by atoms with Crippen molar-refractivity contribution in [1.29, 1.82) is 0 Å². The van der Waals surface area contributed by atoms with Crippen LogP contribution in [0.1, 0.15) is 16.7 Å². The molecule has 18 nitrogen and oxygen atoms in total. The van der Waals surface area contributed by atoms with Crippen molar-refractivity contribution in [2.24, 2.45) is 0 Å². The van der Waals surface area contributed by atoms with Gasteiger partial charge in [-0.2, -0.15) is 0 Å². The van der Waals surface area contributed by atoms with Gasteiger partial charge in [0.05, 0.1) is 24.4 Å². The molecule has 0 fully saturated rings. The highest BCUT2D eigenvalue weighted by molar-refractivity contribution is 7.19. The molecule has 0 amide bonds.